The second-order valence-corrected chi connectivity index (χ2v) is 7.58. The van der Waals surface area contributed by atoms with Gasteiger partial charge in [-0.2, -0.15) is 0 Å². The Balaban J connectivity index is 1.44. The number of benzene rings is 2. The Morgan fingerprint density at radius 2 is 1.59 bits per heavy atom. The first kappa shape index (κ1) is 19.2. The molecule has 0 aliphatic carbocycles. The molecule has 0 radical (unpaired) electrons. The summed E-state index contributed by atoms with van der Waals surface area (Å²) in [5, 5.41) is 0. The van der Waals surface area contributed by atoms with Gasteiger partial charge in [0.2, 0.25) is 5.91 Å². The average molecular weight is 391 g/mol. The first-order valence-electron chi connectivity index (χ1n) is 10.1. The molecule has 0 N–H and O–H groups in total. The summed E-state index contributed by atoms with van der Waals surface area (Å²) in [6.45, 7) is 4.57. The topological polar surface area (TPSA) is 28.5 Å². The lowest BCUT2D eigenvalue weighted by Crippen LogP contribution is -2.49. The first-order valence-corrected chi connectivity index (χ1v) is 10.1. The van der Waals surface area contributed by atoms with E-state index in [9.17, 15) is 9.18 Å². The molecule has 1 amide bonds. The molecule has 1 saturated heterocycles. The highest BCUT2D eigenvalue weighted by Gasteiger charge is 2.25. The summed E-state index contributed by atoms with van der Waals surface area (Å²) in [5.74, 6) is -0.0724. The number of hydrogen-bond donors (Lipinski definition) is 0. The van der Waals surface area contributed by atoms with Crippen molar-refractivity contribution in [1.29, 1.82) is 0 Å². The van der Waals surface area contributed by atoms with Gasteiger partial charge in [-0.3, -0.25) is 4.79 Å². The van der Waals surface area contributed by atoms with Gasteiger partial charge in [-0.05, 0) is 36.8 Å². The number of rotatable bonds is 5. The predicted octanol–water partition coefficient (Wildman–Crippen LogP) is 4.26. The summed E-state index contributed by atoms with van der Waals surface area (Å²) in [6, 6.07) is 19.1. The monoisotopic (exact) mass is 391 g/mol. The molecule has 150 valence electrons. The van der Waals surface area contributed by atoms with E-state index in [1.165, 1.54) is 11.6 Å². The van der Waals surface area contributed by atoms with Gasteiger partial charge in [0.1, 0.15) is 5.82 Å². The normalized spacial score (nSPS) is 15.4. The molecule has 3 aromatic rings. The number of aromatic nitrogens is 1. The zero-order chi connectivity index (χ0) is 20.2. The van der Waals surface area contributed by atoms with Gasteiger partial charge >= 0.3 is 0 Å². The van der Waals surface area contributed by atoms with Gasteiger partial charge < -0.3 is 14.4 Å². The zero-order valence-electron chi connectivity index (χ0n) is 16.7. The quantitative estimate of drug-likeness (QED) is 0.650. The van der Waals surface area contributed by atoms with Crippen LogP contribution in [0.15, 0.2) is 73.1 Å². The fourth-order valence-corrected chi connectivity index (χ4v) is 3.94. The fourth-order valence-electron chi connectivity index (χ4n) is 3.94. The number of carbonyl (C=O) groups excluding carboxylic acids is 1. The van der Waals surface area contributed by atoms with E-state index in [0.29, 0.717) is 38.3 Å². The number of nitrogens with zero attached hydrogens (tertiary/aromatic N) is 3. The minimum absolute atomic E-state index is 0.0253. The number of aryl methyl sites for hydroxylation is 1. The lowest BCUT2D eigenvalue weighted by Gasteiger charge is -2.37. The van der Waals surface area contributed by atoms with Crippen LogP contribution in [0.3, 0.4) is 0 Å². The van der Waals surface area contributed by atoms with Gasteiger partial charge in [-0.15, -0.1) is 0 Å². The maximum atomic E-state index is 14.1. The van der Waals surface area contributed by atoms with Gasteiger partial charge in [0.15, 0.2) is 0 Å². The Bertz CT molecular complexity index is 945. The van der Waals surface area contributed by atoms with Gasteiger partial charge in [0, 0.05) is 38.6 Å². The van der Waals surface area contributed by atoms with Crippen molar-refractivity contribution in [3.63, 3.8) is 0 Å². The Hall–Kier alpha value is -3.08. The third kappa shape index (κ3) is 4.34. The van der Waals surface area contributed by atoms with Gasteiger partial charge in [0.25, 0.3) is 0 Å². The molecule has 29 heavy (non-hydrogen) atoms. The lowest BCUT2D eigenvalue weighted by atomic mass is 10.0. The Morgan fingerprint density at radius 3 is 2.24 bits per heavy atom. The zero-order valence-corrected chi connectivity index (χ0v) is 16.7. The highest BCUT2D eigenvalue weighted by atomic mass is 19.1. The minimum Gasteiger partial charge on any atom is -0.366 e. The maximum absolute atomic E-state index is 14.1. The van der Waals surface area contributed by atoms with Crippen LogP contribution in [-0.4, -0.2) is 41.6 Å². The summed E-state index contributed by atoms with van der Waals surface area (Å²) in [4.78, 5) is 17.0. The number of amides is 1. The molecule has 0 unspecified atom stereocenters. The SMILES string of the molecule is Cc1ccc([C@H](CC(=O)N2CCN(c3ccccc3F)CC2)n2cccc2)cc1. The standard InChI is InChI=1S/C24H26FN3O/c1-19-8-10-20(11-9-19)23(26-12-4-5-13-26)18-24(29)28-16-14-27(15-17-28)22-7-3-2-6-21(22)25/h2-13,23H,14-18H2,1H3/t23-/m0/s1. The van der Waals surface area contributed by atoms with Gasteiger partial charge in [0.05, 0.1) is 18.2 Å². The smallest absolute Gasteiger partial charge is 0.225 e. The van der Waals surface area contributed by atoms with E-state index < -0.39 is 0 Å². The van der Waals surface area contributed by atoms with E-state index in [0.717, 1.165) is 5.56 Å². The summed E-state index contributed by atoms with van der Waals surface area (Å²) >= 11 is 0. The first-order chi connectivity index (χ1) is 14.1. The van der Waals surface area contributed by atoms with Crippen LogP contribution < -0.4 is 4.90 Å². The molecule has 0 saturated carbocycles. The molecule has 1 fully saturated rings. The second kappa shape index (κ2) is 8.52. The lowest BCUT2D eigenvalue weighted by molar-refractivity contribution is -0.132. The van der Waals surface area contributed by atoms with Crippen molar-refractivity contribution in [2.75, 3.05) is 31.1 Å². The number of hydrogen-bond acceptors (Lipinski definition) is 2. The van der Waals surface area contributed by atoms with Crippen molar-refractivity contribution in [3.05, 3.63) is 90.0 Å². The molecule has 2 heterocycles. The Morgan fingerprint density at radius 1 is 0.931 bits per heavy atom. The van der Waals surface area contributed by atoms with Crippen LogP contribution in [0, 0.1) is 12.7 Å². The van der Waals surface area contributed by atoms with Crippen molar-refractivity contribution in [1.82, 2.24) is 9.47 Å². The van der Waals surface area contributed by atoms with Crippen LogP contribution in [0.5, 0.6) is 0 Å². The highest BCUT2D eigenvalue weighted by molar-refractivity contribution is 5.77. The second-order valence-electron chi connectivity index (χ2n) is 7.58. The molecule has 0 spiro atoms. The van der Waals surface area contributed by atoms with Crippen molar-refractivity contribution in [3.8, 4) is 0 Å². The number of piperazine rings is 1. The number of halogens is 1. The molecule has 4 rings (SSSR count). The Labute approximate surface area is 171 Å². The fraction of sp³-hybridized carbons (Fsp3) is 0.292. The summed E-state index contributed by atoms with van der Waals surface area (Å²) in [6.07, 6.45) is 4.43. The average Bonchev–Trinajstić information content (AvgIpc) is 3.28. The van der Waals surface area contributed by atoms with E-state index in [-0.39, 0.29) is 17.8 Å². The summed E-state index contributed by atoms with van der Waals surface area (Å²) < 4.78 is 16.1. The summed E-state index contributed by atoms with van der Waals surface area (Å²) in [5.41, 5.74) is 2.95. The Kier molecular flexibility index (Phi) is 5.65. The van der Waals surface area contributed by atoms with E-state index in [4.69, 9.17) is 0 Å². The largest absolute Gasteiger partial charge is 0.366 e. The molecule has 1 aliphatic rings. The predicted molar refractivity (Wildman–Crippen MR) is 114 cm³/mol. The number of para-hydroxylation sites is 1. The van der Waals surface area contributed by atoms with Crippen LogP contribution in [0.25, 0.3) is 0 Å². The van der Waals surface area contributed by atoms with Crippen molar-refractivity contribution in [2.24, 2.45) is 0 Å². The molecule has 0 bridgehead atoms. The van der Waals surface area contributed by atoms with Gasteiger partial charge in [-0.1, -0.05) is 42.0 Å². The molecule has 1 atom stereocenters. The van der Waals surface area contributed by atoms with E-state index in [2.05, 4.69) is 35.8 Å². The van der Waals surface area contributed by atoms with Gasteiger partial charge in [-0.25, -0.2) is 4.39 Å². The van der Waals surface area contributed by atoms with E-state index >= 15 is 0 Å². The third-order valence-corrected chi connectivity index (χ3v) is 5.64. The molecular formula is C24H26FN3O. The van der Waals surface area contributed by atoms with Crippen LogP contribution in [0.2, 0.25) is 0 Å². The van der Waals surface area contributed by atoms with Crippen molar-refractivity contribution < 1.29 is 9.18 Å². The van der Waals surface area contributed by atoms with Crippen molar-refractivity contribution >= 4 is 11.6 Å². The van der Waals surface area contributed by atoms with Crippen molar-refractivity contribution in [2.45, 2.75) is 19.4 Å². The minimum atomic E-state index is -0.209. The van der Waals surface area contributed by atoms with Crippen LogP contribution in [0.1, 0.15) is 23.6 Å². The molecule has 5 heteroatoms. The third-order valence-electron chi connectivity index (χ3n) is 5.64. The summed E-state index contributed by atoms with van der Waals surface area (Å²) in [7, 11) is 0. The molecule has 1 aromatic heterocycles. The molecule has 1 aliphatic heterocycles. The highest BCUT2D eigenvalue weighted by Crippen LogP contribution is 2.25. The number of carbonyl (C=O) groups is 1. The molecule has 2 aromatic carbocycles. The molecular weight excluding hydrogens is 365 g/mol. The number of anilines is 1. The van der Waals surface area contributed by atoms with Crippen LogP contribution in [-0.2, 0) is 4.79 Å². The van der Waals surface area contributed by atoms with E-state index in [1.54, 1.807) is 12.1 Å². The molecule has 4 nitrogen and oxygen atoms in total. The van der Waals surface area contributed by atoms with E-state index in [1.807, 2.05) is 40.4 Å². The van der Waals surface area contributed by atoms with Crippen LogP contribution in [0.4, 0.5) is 10.1 Å². The van der Waals surface area contributed by atoms with Crippen LogP contribution >= 0.6 is 0 Å². The maximum Gasteiger partial charge on any atom is 0.225 e.